The minimum absolute atomic E-state index is 0.0951. The number of ketones is 1. The number of halogens is 3. The number of carbonyl (C=O) groups is 4. The molecule has 3 fully saturated rings. The molecule has 2 aliphatic carbocycles. The third kappa shape index (κ3) is 4.80. The number of amides is 2. The lowest BCUT2D eigenvalue weighted by Gasteiger charge is -2.19. The van der Waals surface area contributed by atoms with Crippen molar-refractivity contribution in [3.63, 3.8) is 0 Å². The SMILES string of the molecule is Cc1c(Cl)c(Br)cc2c(C(=O)OCC(=O)c3ccc(Br)cc3)cc(-c3ccc(N4C(=O)C5C6CCC(C6)C5C4=O)cc3)nc12. The van der Waals surface area contributed by atoms with Crippen molar-refractivity contribution in [1.82, 2.24) is 4.98 Å². The maximum atomic E-state index is 13.5. The van der Waals surface area contributed by atoms with E-state index in [1.54, 1.807) is 60.7 Å². The number of fused-ring (bicyclic) bond motifs is 6. The molecule has 44 heavy (non-hydrogen) atoms. The van der Waals surface area contributed by atoms with E-state index in [9.17, 15) is 19.2 Å². The summed E-state index contributed by atoms with van der Waals surface area (Å²) >= 11 is 13.3. The average molecular weight is 737 g/mol. The van der Waals surface area contributed by atoms with E-state index in [2.05, 4.69) is 31.9 Å². The highest BCUT2D eigenvalue weighted by Gasteiger charge is 2.61. The van der Waals surface area contributed by atoms with Gasteiger partial charge >= 0.3 is 5.97 Å². The molecule has 4 aromatic rings. The van der Waals surface area contributed by atoms with Crippen LogP contribution in [0.5, 0.6) is 0 Å². The molecule has 2 bridgehead atoms. The van der Waals surface area contributed by atoms with Gasteiger partial charge in [0.05, 0.1) is 39.3 Å². The Balaban J connectivity index is 1.20. The van der Waals surface area contributed by atoms with Gasteiger partial charge in [-0.25, -0.2) is 9.78 Å². The quantitative estimate of drug-likeness (QED) is 0.113. The van der Waals surface area contributed by atoms with Gasteiger partial charge in [0.1, 0.15) is 0 Å². The average Bonchev–Trinajstić information content (AvgIpc) is 3.72. The molecule has 0 spiro atoms. The Labute approximate surface area is 275 Å². The summed E-state index contributed by atoms with van der Waals surface area (Å²) in [5.41, 5.74) is 3.53. The molecular weight excluding hydrogens is 712 g/mol. The predicted octanol–water partition coefficient (Wildman–Crippen LogP) is 7.96. The number of imide groups is 1. The topological polar surface area (TPSA) is 93.6 Å². The number of esters is 1. The zero-order valence-electron chi connectivity index (χ0n) is 23.5. The summed E-state index contributed by atoms with van der Waals surface area (Å²) in [5, 5.41) is 0.988. The van der Waals surface area contributed by atoms with Crippen LogP contribution >= 0.6 is 43.5 Å². The highest BCUT2D eigenvalue weighted by Crippen LogP contribution is 2.56. The van der Waals surface area contributed by atoms with Crippen molar-refractivity contribution in [1.29, 1.82) is 0 Å². The maximum absolute atomic E-state index is 13.5. The number of hydrogen-bond acceptors (Lipinski definition) is 6. The van der Waals surface area contributed by atoms with Crippen molar-refractivity contribution in [2.75, 3.05) is 11.5 Å². The first kappa shape index (κ1) is 29.3. The number of rotatable bonds is 6. The molecule has 4 unspecified atom stereocenters. The van der Waals surface area contributed by atoms with Crippen LogP contribution in [0.1, 0.15) is 45.5 Å². The van der Waals surface area contributed by atoms with Gasteiger partial charge in [0.15, 0.2) is 12.4 Å². The zero-order valence-corrected chi connectivity index (χ0v) is 27.4. The zero-order chi connectivity index (χ0) is 30.9. The van der Waals surface area contributed by atoms with E-state index in [1.165, 1.54) is 4.90 Å². The van der Waals surface area contributed by atoms with E-state index in [1.807, 2.05) is 6.92 Å². The van der Waals surface area contributed by atoms with Crippen LogP contribution in [0.25, 0.3) is 22.2 Å². The van der Waals surface area contributed by atoms with Crippen LogP contribution in [0, 0.1) is 30.6 Å². The molecule has 1 aliphatic heterocycles. The van der Waals surface area contributed by atoms with Gasteiger partial charge in [-0.05, 0) is 95.9 Å². The third-order valence-electron chi connectivity index (χ3n) is 9.29. The number of pyridine rings is 1. The van der Waals surface area contributed by atoms with Crippen LogP contribution in [0.15, 0.2) is 69.6 Å². The number of benzene rings is 3. The summed E-state index contributed by atoms with van der Waals surface area (Å²) in [6, 6.07) is 17.2. The number of nitrogens with zero attached hydrogens (tertiary/aromatic N) is 2. The molecule has 222 valence electrons. The summed E-state index contributed by atoms with van der Waals surface area (Å²) in [6.45, 7) is 1.39. The summed E-state index contributed by atoms with van der Waals surface area (Å²) in [5.74, 6) is -0.965. The van der Waals surface area contributed by atoms with Gasteiger partial charge < -0.3 is 4.74 Å². The first-order valence-electron chi connectivity index (χ1n) is 14.4. The Hall–Kier alpha value is -3.40. The minimum Gasteiger partial charge on any atom is -0.454 e. The van der Waals surface area contributed by atoms with Gasteiger partial charge in [0.2, 0.25) is 11.8 Å². The molecule has 10 heteroatoms. The van der Waals surface area contributed by atoms with Crippen LogP contribution in [-0.2, 0) is 14.3 Å². The Kier molecular flexibility index (Phi) is 7.46. The highest BCUT2D eigenvalue weighted by molar-refractivity contribution is 9.10. The van der Waals surface area contributed by atoms with E-state index < -0.39 is 12.6 Å². The monoisotopic (exact) mass is 734 g/mol. The van der Waals surface area contributed by atoms with E-state index in [4.69, 9.17) is 21.3 Å². The van der Waals surface area contributed by atoms with Crippen molar-refractivity contribution in [2.45, 2.75) is 26.2 Å². The number of anilines is 1. The standard InChI is InChI=1S/C34H25Br2ClN2O5/c1-16-30(37)25(36)13-23-24(34(43)44-15-27(40)18-4-8-21(35)9-5-18)14-26(38-31(16)23)17-6-10-22(11-7-17)39-32(41)28-19-2-3-20(12-19)29(28)33(39)42/h4-11,13-14,19-20,28-29H,2-3,12,15H2,1H3. The van der Waals surface area contributed by atoms with Gasteiger partial charge in [-0.2, -0.15) is 0 Å². The van der Waals surface area contributed by atoms with Crippen molar-refractivity contribution >= 4 is 83.6 Å². The third-order valence-corrected chi connectivity index (χ3v) is 11.2. The summed E-state index contributed by atoms with van der Waals surface area (Å²) in [7, 11) is 0. The predicted molar refractivity (Wildman–Crippen MR) is 174 cm³/mol. The van der Waals surface area contributed by atoms with Crippen molar-refractivity contribution in [3.8, 4) is 11.3 Å². The van der Waals surface area contributed by atoms with Crippen LogP contribution in [0.3, 0.4) is 0 Å². The highest BCUT2D eigenvalue weighted by atomic mass is 79.9. The largest absolute Gasteiger partial charge is 0.454 e. The van der Waals surface area contributed by atoms with Crippen LogP contribution in [-0.4, -0.2) is 35.2 Å². The molecule has 1 saturated heterocycles. The number of aromatic nitrogens is 1. The number of ether oxygens (including phenoxy) is 1. The molecule has 3 aromatic carbocycles. The number of carbonyl (C=O) groups excluding carboxylic acids is 4. The molecule has 2 heterocycles. The van der Waals surface area contributed by atoms with Crippen LogP contribution in [0.4, 0.5) is 5.69 Å². The second-order valence-corrected chi connectivity index (χ2v) is 13.8. The molecule has 4 atom stereocenters. The summed E-state index contributed by atoms with van der Waals surface area (Å²) in [6.07, 6.45) is 3.03. The van der Waals surface area contributed by atoms with Gasteiger partial charge in [0.25, 0.3) is 0 Å². The summed E-state index contributed by atoms with van der Waals surface area (Å²) < 4.78 is 6.93. The van der Waals surface area contributed by atoms with Crippen molar-refractivity contribution in [2.24, 2.45) is 23.7 Å². The van der Waals surface area contributed by atoms with E-state index in [-0.39, 0.29) is 35.0 Å². The lowest BCUT2D eigenvalue weighted by molar-refractivity contribution is -0.123. The van der Waals surface area contributed by atoms with Crippen LogP contribution in [0.2, 0.25) is 5.02 Å². The molecule has 0 radical (unpaired) electrons. The van der Waals surface area contributed by atoms with Gasteiger partial charge in [-0.15, -0.1) is 0 Å². The molecule has 7 rings (SSSR count). The Morgan fingerprint density at radius 2 is 1.59 bits per heavy atom. The number of hydrogen-bond donors (Lipinski definition) is 0. The molecule has 2 amide bonds. The summed E-state index contributed by atoms with van der Waals surface area (Å²) in [4.78, 5) is 59.0. The minimum atomic E-state index is -0.677. The second-order valence-electron chi connectivity index (χ2n) is 11.7. The first-order chi connectivity index (χ1) is 21.1. The van der Waals surface area contributed by atoms with Crippen LogP contribution < -0.4 is 4.90 Å². The molecule has 2 saturated carbocycles. The number of Topliss-reactive ketones (excluding diaryl/α,β-unsaturated/α-hetero) is 1. The second kappa shape index (κ2) is 11.2. The Morgan fingerprint density at radius 1 is 0.955 bits per heavy atom. The molecule has 3 aliphatic rings. The lowest BCUT2D eigenvalue weighted by atomic mass is 9.81. The number of aryl methyl sites for hydroxylation is 1. The van der Waals surface area contributed by atoms with Gasteiger partial charge in [0, 0.05) is 25.5 Å². The van der Waals surface area contributed by atoms with E-state index in [0.717, 1.165) is 23.7 Å². The van der Waals surface area contributed by atoms with E-state index >= 15 is 0 Å². The van der Waals surface area contributed by atoms with Gasteiger partial charge in [-0.3, -0.25) is 19.3 Å². The fourth-order valence-corrected chi connectivity index (χ4v) is 8.08. The Morgan fingerprint density at radius 3 is 2.23 bits per heavy atom. The fourth-order valence-electron chi connectivity index (χ4n) is 7.15. The molecular formula is C34H25Br2ClN2O5. The Bertz CT molecular complexity index is 1870. The first-order valence-corrected chi connectivity index (χ1v) is 16.3. The van der Waals surface area contributed by atoms with Crippen molar-refractivity contribution < 1.29 is 23.9 Å². The van der Waals surface area contributed by atoms with Gasteiger partial charge in [-0.1, -0.05) is 51.8 Å². The normalized spacial score (nSPS) is 22.1. The molecule has 7 nitrogen and oxygen atoms in total. The molecule has 1 aromatic heterocycles. The van der Waals surface area contributed by atoms with Crippen molar-refractivity contribution in [3.05, 3.63) is 91.3 Å². The fraction of sp³-hybridized carbons (Fsp3) is 0.265. The molecule has 0 N–H and O–H groups in total. The van der Waals surface area contributed by atoms with E-state index in [0.29, 0.717) is 60.3 Å². The smallest absolute Gasteiger partial charge is 0.339 e. The lowest BCUT2D eigenvalue weighted by Crippen LogP contribution is -2.32. The maximum Gasteiger partial charge on any atom is 0.339 e.